The molecule has 0 saturated carbocycles. The van der Waals surface area contributed by atoms with Crippen molar-refractivity contribution in [1.82, 2.24) is 15.5 Å². The van der Waals surface area contributed by atoms with Gasteiger partial charge in [-0.3, -0.25) is 14.5 Å². The summed E-state index contributed by atoms with van der Waals surface area (Å²) in [5.74, 6) is 0.573. The molecule has 0 radical (unpaired) electrons. The molecule has 1 aliphatic heterocycles. The van der Waals surface area contributed by atoms with E-state index in [-0.39, 0.29) is 18.2 Å². The molecule has 6 nitrogen and oxygen atoms in total. The zero-order chi connectivity index (χ0) is 20.5. The molecule has 0 unspecified atom stereocenters. The maximum Gasteiger partial charge on any atom is 0.237 e. The van der Waals surface area contributed by atoms with Crippen molar-refractivity contribution in [1.29, 1.82) is 0 Å². The van der Waals surface area contributed by atoms with E-state index in [0.29, 0.717) is 26.2 Å². The number of carbonyl (C=O) groups excluding carboxylic acids is 2. The number of hydrogen-bond acceptors (Lipinski definition) is 4. The second-order valence-electron chi connectivity index (χ2n) is 6.91. The van der Waals surface area contributed by atoms with Gasteiger partial charge in [0, 0.05) is 31.7 Å². The van der Waals surface area contributed by atoms with Crippen molar-refractivity contribution in [2.24, 2.45) is 0 Å². The summed E-state index contributed by atoms with van der Waals surface area (Å²) in [6, 6.07) is 17.0. The molecule has 0 aromatic heterocycles. The van der Waals surface area contributed by atoms with Crippen LogP contribution in [0.5, 0.6) is 5.75 Å². The number of piperazine rings is 1. The fourth-order valence-electron chi connectivity index (χ4n) is 3.37. The zero-order valence-electron chi connectivity index (χ0n) is 16.6. The smallest absolute Gasteiger partial charge is 0.237 e. The van der Waals surface area contributed by atoms with Crippen LogP contribution < -0.4 is 15.4 Å². The Hall–Kier alpha value is -3.12. The number of para-hydroxylation sites is 1. The zero-order valence-corrected chi connectivity index (χ0v) is 16.6. The van der Waals surface area contributed by atoms with E-state index in [1.54, 1.807) is 7.11 Å². The summed E-state index contributed by atoms with van der Waals surface area (Å²) in [5.41, 5.74) is 2.01. The largest absolute Gasteiger partial charge is 0.496 e. The number of rotatable bonds is 8. The Morgan fingerprint density at radius 2 is 1.97 bits per heavy atom. The van der Waals surface area contributed by atoms with Gasteiger partial charge in [0.2, 0.25) is 11.8 Å². The molecule has 3 rings (SSSR count). The fraction of sp³-hybridized carbons (Fsp3) is 0.304. The molecule has 1 heterocycles. The molecule has 2 N–H and O–H groups in total. The molecule has 0 aliphatic carbocycles. The Kier molecular flexibility index (Phi) is 7.41. The molecule has 2 aromatic carbocycles. The quantitative estimate of drug-likeness (QED) is 0.722. The number of nitrogens with zero attached hydrogens (tertiary/aromatic N) is 1. The van der Waals surface area contributed by atoms with E-state index < -0.39 is 6.04 Å². The van der Waals surface area contributed by atoms with Gasteiger partial charge in [0.25, 0.3) is 0 Å². The molecule has 29 heavy (non-hydrogen) atoms. The first-order valence-electron chi connectivity index (χ1n) is 9.79. The molecule has 1 fully saturated rings. The third-order valence-corrected chi connectivity index (χ3v) is 4.93. The summed E-state index contributed by atoms with van der Waals surface area (Å²) >= 11 is 0. The molecule has 1 atom stereocenters. The van der Waals surface area contributed by atoms with Crippen molar-refractivity contribution in [3.05, 3.63) is 71.8 Å². The van der Waals surface area contributed by atoms with Crippen molar-refractivity contribution in [2.75, 3.05) is 26.7 Å². The summed E-state index contributed by atoms with van der Waals surface area (Å²) in [4.78, 5) is 26.8. The van der Waals surface area contributed by atoms with E-state index in [9.17, 15) is 9.59 Å². The maximum atomic E-state index is 12.4. The van der Waals surface area contributed by atoms with E-state index in [4.69, 9.17) is 4.74 Å². The van der Waals surface area contributed by atoms with Crippen LogP contribution in [0.25, 0.3) is 6.08 Å². The molecule has 152 valence electrons. The molecular formula is C23H27N3O3. The van der Waals surface area contributed by atoms with Gasteiger partial charge in [0.05, 0.1) is 19.6 Å². The lowest BCUT2D eigenvalue weighted by Crippen LogP contribution is -2.56. The van der Waals surface area contributed by atoms with Gasteiger partial charge in [-0.25, -0.2) is 0 Å². The Labute approximate surface area is 171 Å². The third-order valence-electron chi connectivity index (χ3n) is 4.93. The predicted molar refractivity (Wildman–Crippen MR) is 113 cm³/mol. The van der Waals surface area contributed by atoms with E-state index in [1.807, 2.05) is 71.6 Å². The van der Waals surface area contributed by atoms with Crippen molar-refractivity contribution < 1.29 is 14.3 Å². The number of ether oxygens (including phenoxy) is 1. The molecule has 0 spiro atoms. The monoisotopic (exact) mass is 393 g/mol. The van der Waals surface area contributed by atoms with Crippen LogP contribution in [0.3, 0.4) is 0 Å². The van der Waals surface area contributed by atoms with Crippen LogP contribution in [0.2, 0.25) is 0 Å². The average molecular weight is 393 g/mol. The number of benzene rings is 2. The molecule has 0 bridgehead atoms. The normalized spacial score (nSPS) is 17.1. The van der Waals surface area contributed by atoms with Gasteiger partial charge in [0.1, 0.15) is 5.75 Å². The number of methoxy groups -OCH3 is 1. The summed E-state index contributed by atoms with van der Waals surface area (Å²) in [6.07, 6.45) is 4.13. The van der Waals surface area contributed by atoms with Crippen LogP contribution in [-0.2, 0) is 16.1 Å². The lowest BCUT2D eigenvalue weighted by molar-refractivity contribution is -0.133. The Morgan fingerprint density at radius 1 is 1.21 bits per heavy atom. The summed E-state index contributed by atoms with van der Waals surface area (Å²) in [6.45, 7) is 2.34. The number of nitrogens with one attached hydrogen (secondary N) is 2. The van der Waals surface area contributed by atoms with Crippen LogP contribution in [0.4, 0.5) is 0 Å². The van der Waals surface area contributed by atoms with Crippen molar-refractivity contribution >= 4 is 17.9 Å². The molecule has 6 heteroatoms. The Balaban J connectivity index is 1.57. The van der Waals surface area contributed by atoms with Gasteiger partial charge >= 0.3 is 0 Å². The Morgan fingerprint density at radius 3 is 2.76 bits per heavy atom. The average Bonchev–Trinajstić information content (AvgIpc) is 2.75. The van der Waals surface area contributed by atoms with E-state index >= 15 is 0 Å². The number of carbonyl (C=O) groups is 2. The highest BCUT2D eigenvalue weighted by Gasteiger charge is 2.30. The van der Waals surface area contributed by atoms with Crippen molar-refractivity contribution in [3.63, 3.8) is 0 Å². The van der Waals surface area contributed by atoms with Crippen LogP contribution in [0.15, 0.2) is 60.7 Å². The van der Waals surface area contributed by atoms with Gasteiger partial charge in [-0.2, -0.15) is 0 Å². The first-order valence-corrected chi connectivity index (χ1v) is 9.79. The Bertz CT molecular complexity index is 851. The second kappa shape index (κ2) is 10.4. The van der Waals surface area contributed by atoms with Crippen LogP contribution in [0.1, 0.15) is 17.5 Å². The van der Waals surface area contributed by atoms with E-state index in [0.717, 1.165) is 16.9 Å². The maximum absolute atomic E-state index is 12.4. The second-order valence-corrected chi connectivity index (χ2v) is 6.91. The standard InChI is InChI=1S/C23H27N3O3/c1-29-21-12-6-5-10-19(21)11-7-14-26-15-13-24-23(28)20(26)16-22(27)25-17-18-8-3-2-4-9-18/h2-12,20H,13-17H2,1H3,(H,24,28)(H,25,27)/b11-7+/t20-/m0/s1. The number of hydrogen-bond donors (Lipinski definition) is 2. The highest BCUT2D eigenvalue weighted by molar-refractivity contribution is 5.88. The van der Waals surface area contributed by atoms with Crippen LogP contribution >= 0.6 is 0 Å². The van der Waals surface area contributed by atoms with Crippen molar-refractivity contribution in [2.45, 2.75) is 19.0 Å². The van der Waals surface area contributed by atoms with Gasteiger partial charge < -0.3 is 15.4 Å². The van der Waals surface area contributed by atoms with E-state index in [2.05, 4.69) is 10.6 Å². The minimum atomic E-state index is -0.471. The lowest BCUT2D eigenvalue weighted by atomic mass is 10.1. The first kappa shape index (κ1) is 20.6. The first-order chi connectivity index (χ1) is 14.2. The van der Waals surface area contributed by atoms with Gasteiger partial charge in [-0.15, -0.1) is 0 Å². The van der Waals surface area contributed by atoms with Gasteiger partial charge in [0.15, 0.2) is 0 Å². The van der Waals surface area contributed by atoms with Crippen LogP contribution in [-0.4, -0.2) is 49.5 Å². The minimum Gasteiger partial charge on any atom is -0.496 e. The highest BCUT2D eigenvalue weighted by Crippen LogP contribution is 2.19. The molecule has 1 saturated heterocycles. The van der Waals surface area contributed by atoms with Crippen LogP contribution in [0, 0.1) is 0 Å². The third kappa shape index (κ3) is 5.93. The fourth-order valence-corrected chi connectivity index (χ4v) is 3.37. The molecule has 2 aromatic rings. The molecule has 2 amide bonds. The van der Waals surface area contributed by atoms with Gasteiger partial charge in [-0.1, -0.05) is 60.7 Å². The summed E-state index contributed by atoms with van der Waals surface area (Å²) in [5, 5.41) is 5.77. The SMILES string of the molecule is COc1ccccc1/C=C/CN1CCNC(=O)[C@@H]1CC(=O)NCc1ccccc1. The van der Waals surface area contributed by atoms with E-state index in [1.165, 1.54) is 0 Å². The highest BCUT2D eigenvalue weighted by atomic mass is 16.5. The van der Waals surface area contributed by atoms with Gasteiger partial charge in [-0.05, 0) is 11.6 Å². The topological polar surface area (TPSA) is 70.7 Å². The lowest BCUT2D eigenvalue weighted by Gasteiger charge is -2.33. The molecule has 1 aliphatic rings. The predicted octanol–water partition coefficient (Wildman–Crippen LogP) is 2.22. The summed E-state index contributed by atoms with van der Waals surface area (Å²) in [7, 11) is 1.64. The summed E-state index contributed by atoms with van der Waals surface area (Å²) < 4.78 is 5.36. The number of amides is 2. The van der Waals surface area contributed by atoms with Crippen molar-refractivity contribution in [3.8, 4) is 5.75 Å². The molecular weight excluding hydrogens is 366 g/mol. The minimum absolute atomic E-state index is 0.100.